The maximum Gasteiger partial charge on any atom is 0.328 e. The van der Waals surface area contributed by atoms with Gasteiger partial charge in [0.05, 0.1) is 0 Å². The Labute approximate surface area is 101 Å². The molecule has 0 aliphatic heterocycles. The SMILES string of the molecule is O=C(O)/C=C1\CCCCC1Cc1cccnc1. The van der Waals surface area contributed by atoms with Crippen LogP contribution in [0.25, 0.3) is 0 Å². The van der Waals surface area contributed by atoms with Gasteiger partial charge in [0.15, 0.2) is 0 Å². The Hall–Kier alpha value is -1.64. The van der Waals surface area contributed by atoms with Gasteiger partial charge in [-0.2, -0.15) is 0 Å². The molecule has 1 saturated carbocycles. The number of allylic oxidation sites excluding steroid dienone is 1. The molecule has 0 radical (unpaired) electrons. The Morgan fingerprint density at radius 3 is 3.12 bits per heavy atom. The van der Waals surface area contributed by atoms with E-state index in [1.807, 2.05) is 12.3 Å². The maximum absolute atomic E-state index is 10.8. The summed E-state index contributed by atoms with van der Waals surface area (Å²) in [6.45, 7) is 0. The van der Waals surface area contributed by atoms with Gasteiger partial charge in [0.25, 0.3) is 0 Å². The Bertz CT molecular complexity index is 411. The second-order valence-electron chi connectivity index (χ2n) is 4.57. The first-order valence-electron chi connectivity index (χ1n) is 6.08. The van der Waals surface area contributed by atoms with Gasteiger partial charge >= 0.3 is 5.97 Å². The smallest absolute Gasteiger partial charge is 0.328 e. The average Bonchev–Trinajstić information content (AvgIpc) is 2.32. The van der Waals surface area contributed by atoms with Crippen molar-refractivity contribution in [1.29, 1.82) is 0 Å². The number of rotatable bonds is 3. The van der Waals surface area contributed by atoms with E-state index in [1.54, 1.807) is 6.20 Å². The van der Waals surface area contributed by atoms with Gasteiger partial charge in [0.1, 0.15) is 0 Å². The standard InChI is InChI=1S/C14H17NO2/c16-14(17)9-13-6-2-1-5-12(13)8-11-4-3-7-15-10-11/h3-4,7,9-10,12H,1-2,5-6,8H2,(H,16,17)/b13-9+. The van der Waals surface area contributed by atoms with Crippen molar-refractivity contribution in [2.45, 2.75) is 32.1 Å². The van der Waals surface area contributed by atoms with E-state index >= 15 is 0 Å². The summed E-state index contributed by atoms with van der Waals surface area (Å²) in [6.07, 6.45) is 10.3. The van der Waals surface area contributed by atoms with Gasteiger partial charge in [-0.1, -0.05) is 18.1 Å². The Kier molecular flexibility index (Phi) is 3.91. The molecule has 2 rings (SSSR count). The van der Waals surface area contributed by atoms with Crippen LogP contribution in [0.5, 0.6) is 0 Å². The number of aromatic nitrogens is 1. The fraction of sp³-hybridized carbons (Fsp3) is 0.429. The van der Waals surface area contributed by atoms with Crippen molar-refractivity contribution in [3.63, 3.8) is 0 Å². The molecular weight excluding hydrogens is 214 g/mol. The summed E-state index contributed by atoms with van der Waals surface area (Å²) in [5.74, 6) is -0.442. The van der Waals surface area contributed by atoms with E-state index in [9.17, 15) is 4.79 Å². The third kappa shape index (κ3) is 3.41. The van der Waals surface area contributed by atoms with Gasteiger partial charge in [-0.3, -0.25) is 4.98 Å². The first-order chi connectivity index (χ1) is 8.25. The molecule has 0 saturated heterocycles. The van der Waals surface area contributed by atoms with Crippen LogP contribution in [0.15, 0.2) is 36.2 Å². The highest BCUT2D eigenvalue weighted by Gasteiger charge is 2.20. The Morgan fingerprint density at radius 2 is 2.41 bits per heavy atom. The minimum Gasteiger partial charge on any atom is -0.478 e. The largest absolute Gasteiger partial charge is 0.478 e. The quantitative estimate of drug-likeness (QED) is 0.814. The number of hydrogen-bond acceptors (Lipinski definition) is 2. The molecule has 1 heterocycles. The molecule has 1 aromatic rings. The molecule has 0 spiro atoms. The summed E-state index contributed by atoms with van der Waals surface area (Å²) in [7, 11) is 0. The van der Waals surface area contributed by atoms with Gasteiger partial charge in [-0.05, 0) is 43.2 Å². The number of carbonyl (C=O) groups is 1. The Morgan fingerprint density at radius 1 is 1.53 bits per heavy atom. The lowest BCUT2D eigenvalue weighted by Crippen LogP contribution is -2.14. The zero-order valence-corrected chi connectivity index (χ0v) is 9.80. The fourth-order valence-corrected chi connectivity index (χ4v) is 2.49. The molecule has 0 bridgehead atoms. The molecule has 3 heteroatoms. The minimum atomic E-state index is -0.821. The van der Waals surface area contributed by atoms with Crippen molar-refractivity contribution >= 4 is 5.97 Å². The molecule has 1 unspecified atom stereocenters. The number of carboxylic acid groups (broad SMARTS) is 1. The van der Waals surface area contributed by atoms with Crippen molar-refractivity contribution in [3.8, 4) is 0 Å². The number of carboxylic acids is 1. The van der Waals surface area contributed by atoms with Crippen LogP contribution in [-0.2, 0) is 11.2 Å². The maximum atomic E-state index is 10.8. The van der Waals surface area contributed by atoms with Crippen LogP contribution in [0.1, 0.15) is 31.2 Å². The zero-order chi connectivity index (χ0) is 12.1. The van der Waals surface area contributed by atoms with Gasteiger partial charge < -0.3 is 5.11 Å². The van der Waals surface area contributed by atoms with E-state index in [1.165, 1.54) is 18.1 Å². The van der Waals surface area contributed by atoms with E-state index in [-0.39, 0.29) is 0 Å². The molecular formula is C14H17NO2. The molecule has 1 aliphatic rings. The van der Waals surface area contributed by atoms with Crippen molar-refractivity contribution < 1.29 is 9.90 Å². The lowest BCUT2D eigenvalue weighted by Gasteiger charge is -2.25. The van der Waals surface area contributed by atoms with Crippen LogP contribution in [0.4, 0.5) is 0 Å². The number of hydrogen-bond donors (Lipinski definition) is 1. The summed E-state index contributed by atoms with van der Waals surface area (Å²) in [6, 6.07) is 3.98. The molecule has 1 atom stereocenters. The van der Waals surface area contributed by atoms with Crippen LogP contribution in [0.3, 0.4) is 0 Å². The second kappa shape index (κ2) is 5.62. The first kappa shape index (κ1) is 11.8. The highest BCUT2D eigenvalue weighted by atomic mass is 16.4. The molecule has 17 heavy (non-hydrogen) atoms. The van der Waals surface area contributed by atoms with Crippen LogP contribution in [-0.4, -0.2) is 16.1 Å². The normalized spacial score (nSPS) is 22.6. The van der Waals surface area contributed by atoms with Crippen molar-refractivity contribution in [1.82, 2.24) is 4.98 Å². The molecule has 0 aromatic carbocycles. The summed E-state index contributed by atoms with van der Waals surface area (Å²) < 4.78 is 0. The summed E-state index contributed by atoms with van der Waals surface area (Å²) in [4.78, 5) is 14.9. The molecule has 1 aromatic heterocycles. The molecule has 90 valence electrons. The van der Waals surface area contributed by atoms with Crippen molar-refractivity contribution in [2.75, 3.05) is 0 Å². The van der Waals surface area contributed by atoms with E-state index < -0.39 is 5.97 Å². The summed E-state index contributed by atoms with van der Waals surface area (Å²) in [5, 5.41) is 8.86. The van der Waals surface area contributed by atoms with Gasteiger partial charge in [0, 0.05) is 18.5 Å². The predicted octanol–water partition coefficient (Wildman–Crippen LogP) is 2.83. The van der Waals surface area contributed by atoms with E-state index in [0.29, 0.717) is 5.92 Å². The topological polar surface area (TPSA) is 50.2 Å². The van der Waals surface area contributed by atoms with Crippen LogP contribution < -0.4 is 0 Å². The number of nitrogens with zero attached hydrogens (tertiary/aromatic N) is 1. The van der Waals surface area contributed by atoms with Crippen molar-refractivity contribution in [3.05, 3.63) is 41.7 Å². The fourth-order valence-electron chi connectivity index (χ4n) is 2.49. The van der Waals surface area contributed by atoms with Gasteiger partial charge in [-0.25, -0.2) is 4.79 Å². The molecule has 1 fully saturated rings. The number of aliphatic carboxylic acids is 1. The summed E-state index contributed by atoms with van der Waals surface area (Å²) >= 11 is 0. The third-order valence-electron chi connectivity index (χ3n) is 3.31. The van der Waals surface area contributed by atoms with E-state index in [0.717, 1.165) is 31.3 Å². The van der Waals surface area contributed by atoms with E-state index in [2.05, 4.69) is 11.1 Å². The number of pyridine rings is 1. The van der Waals surface area contributed by atoms with Crippen molar-refractivity contribution in [2.24, 2.45) is 5.92 Å². The van der Waals surface area contributed by atoms with Crippen LogP contribution in [0, 0.1) is 5.92 Å². The lowest BCUT2D eigenvalue weighted by atomic mass is 9.80. The Balaban J connectivity index is 2.09. The second-order valence-corrected chi connectivity index (χ2v) is 4.57. The third-order valence-corrected chi connectivity index (χ3v) is 3.31. The van der Waals surface area contributed by atoms with Crippen LogP contribution in [0.2, 0.25) is 0 Å². The highest BCUT2D eigenvalue weighted by molar-refractivity contribution is 5.80. The molecule has 1 aliphatic carbocycles. The average molecular weight is 231 g/mol. The van der Waals surface area contributed by atoms with Gasteiger partial charge in [-0.15, -0.1) is 0 Å². The van der Waals surface area contributed by atoms with E-state index in [4.69, 9.17) is 5.11 Å². The molecule has 3 nitrogen and oxygen atoms in total. The zero-order valence-electron chi connectivity index (χ0n) is 9.80. The highest BCUT2D eigenvalue weighted by Crippen LogP contribution is 2.31. The predicted molar refractivity (Wildman–Crippen MR) is 65.6 cm³/mol. The first-order valence-corrected chi connectivity index (χ1v) is 6.08. The van der Waals surface area contributed by atoms with Gasteiger partial charge in [0.2, 0.25) is 0 Å². The monoisotopic (exact) mass is 231 g/mol. The lowest BCUT2D eigenvalue weighted by molar-refractivity contribution is -0.131. The molecule has 1 N–H and O–H groups in total. The molecule has 0 amide bonds. The minimum absolute atomic E-state index is 0.379. The van der Waals surface area contributed by atoms with Crippen LogP contribution >= 0.6 is 0 Å². The summed E-state index contributed by atoms with van der Waals surface area (Å²) in [5.41, 5.74) is 2.28.